The summed E-state index contributed by atoms with van der Waals surface area (Å²) in [4.78, 5) is 4.22. The molecule has 0 radical (unpaired) electrons. The van der Waals surface area contributed by atoms with Crippen LogP contribution in [0, 0.1) is 6.92 Å². The van der Waals surface area contributed by atoms with Crippen molar-refractivity contribution < 1.29 is 4.74 Å². The third-order valence-corrected chi connectivity index (χ3v) is 7.82. The highest BCUT2D eigenvalue weighted by molar-refractivity contribution is 8.00. The van der Waals surface area contributed by atoms with Crippen molar-refractivity contribution in [1.82, 2.24) is 34.6 Å². The molecule has 0 aliphatic carbocycles. The van der Waals surface area contributed by atoms with Gasteiger partial charge in [0.05, 0.1) is 6.04 Å². The van der Waals surface area contributed by atoms with Crippen LogP contribution in [0.4, 0.5) is 0 Å². The van der Waals surface area contributed by atoms with Crippen molar-refractivity contribution >= 4 is 23.5 Å². The van der Waals surface area contributed by atoms with Crippen LogP contribution in [0.25, 0.3) is 11.4 Å². The van der Waals surface area contributed by atoms with Crippen LogP contribution in [0.1, 0.15) is 42.8 Å². The van der Waals surface area contributed by atoms with Gasteiger partial charge < -0.3 is 10.6 Å². The zero-order valence-electron chi connectivity index (χ0n) is 19.3. The summed E-state index contributed by atoms with van der Waals surface area (Å²) in [6.07, 6.45) is 3.57. The van der Waals surface area contributed by atoms with Crippen molar-refractivity contribution in [3.05, 3.63) is 59.7 Å². The van der Waals surface area contributed by atoms with E-state index in [0.717, 1.165) is 44.9 Å². The lowest BCUT2D eigenvalue weighted by molar-refractivity contribution is 0.287. The monoisotopic (exact) mass is 494 g/mol. The molecule has 1 aliphatic heterocycles. The summed E-state index contributed by atoms with van der Waals surface area (Å²) >= 11 is 3.28. The largest absolute Gasteiger partial charge is 0.485 e. The third-order valence-electron chi connectivity index (χ3n) is 5.64. The maximum atomic E-state index is 6.32. The Hall–Kier alpha value is -3.05. The fraction of sp³-hybridized carbons (Fsp3) is 0.348. The van der Waals surface area contributed by atoms with Gasteiger partial charge in [0.2, 0.25) is 5.16 Å². The van der Waals surface area contributed by atoms with Gasteiger partial charge in [-0.15, -0.1) is 20.4 Å². The van der Waals surface area contributed by atoms with Crippen LogP contribution in [-0.2, 0) is 6.61 Å². The fourth-order valence-corrected chi connectivity index (χ4v) is 6.01. The molecule has 4 aromatic rings. The van der Waals surface area contributed by atoms with E-state index >= 15 is 0 Å². The molecule has 5 rings (SSSR count). The van der Waals surface area contributed by atoms with E-state index in [4.69, 9.17) is 10.6 Å². The number of fused-ring (bicyclic) bond motifs is 1. The molecule has 0 saturated heterocycles. The zero-order chi connectivity index (χ0) is 23.7. The van der Waals surface area contributed by atoms with Gasteiger partial charge >= 0.3 is 0 Å². The van der Waals surface area contributed by atoms with Gasteiger partial charge in [0, 0.05) is 29.5 Å². The average molecular weight is 495 g/mol. The summed E-state index contributed by atoms with van der Waals surface area (Å²) in [5.41, 5.74) is 3.27. The molecule has 9 nitrogen and oxygen atoms in total. The highest BCUT2D eigenvalue weighted by Crippen LogP contribution is 2.38. The van der Waals surface area contributed by atoms with Gasteiger partial charge in [-0.2, -0.15) is 0 Å². The molecule has 3 aromatic heterocycles. The number of aryl methyl sites for hydroxylation is 1. The van der Waals surface area contributed by atoms with Gasteiger partial charge in [-0.25, -0.2) is 4.68 Å². The number of benzene rings is 1. The summed E-state index contributed by atoms with van der Waals surface area (Å²) in [7, 11) is 0. The van der Waals surface area contributed by atoms with E-state index in [1.54, 1.807) is 29.7 Å². The van der Waals surface area contributed by atoms with E-state index in [-0.39, 0.29) is 12.6 Å². The number of rotatable bonds is 8. The molecule has 34 heavy (non-hydrogen) atoms. The Bertz CT molecular complexity index is 1290. The van der Waals surface area contributed by atoms with E-state index in [1.807, 2.05) is 18.3 Å². The van der Waals surface area contributed by atoms with E-state index in [2.05, 4.69) is 68.9 Å². The van der Waals surface area contributed by atoms with Crippen LogP contribution in [0.3, 0.4) is 0 Å². The Balaban J connectivity index is 1.26. The van der Waals surface area contributed by atoms with E-state index < -0.39 is 0 Å². The standard InChI is InChI=1S/C23H26N8OS2/c1-14(2)18-7-6-15(3)9-19(18)32-11-20-26-29-23(31(20)24)34-13-17-12-33-22-28-27-21(30(17)22)16-5-4-8-25-10-16/h4-10,14,17H,11-13,24H2,1-3H3. The minimum absolute atomic E-state index is 0.215. The lowest BCUT2D eigenvalue weighted by Crippen LogP contribution is -2.17. The van der Waals surface area contributed by atoms with E-state index in [1.165, 1.54) is 4.68 Å². The van der Waals surface area contributed by atoms with E-state index in [9.17, 15) is 0 Å². The molecule has 0 bridgehead atoms. The highest BCUT2D eigenvalue weighted by atomic mass is 32.2. The highest BCUT2D eigenvalue weighted by Gasteiger charge is 2.29. The van der Waals surface area contributed by atoms with Crippen molar-refractivity contribution in [2.24, 2.45) is 0 Å². The van der Waals surface area contributed by atoms with Gasteiger partial charge in [-0.05, 0) is 42.2 Å². The molecule has 1 atom stereocenters. The van der Waals surface area contributed by atoms with Gasteiger partial charge in [-0.1, -0.05) is 49.5 Å². The van der Waals surface area contributed by atoms with Crippen LogP contribution in [0.15, 0.2) is 53.0 Å². The number of nitrogen functional groups attached to an aromatic ring is 1. The average Bonchev–Trinajstić information content (AvgIpc) is 3.53. The molecular weight excluding hydrogens is 468 g/mol. The Morgan fingerprint density at radius 3 is 2.88 bits per heavy atom. The number of pyridine rings is 1. The van der Waals surface area contributed by atoms with Crippen LogP contribution in [-0.4, -0.2) is 46.1 Å². The quantitative estimate of drug-likeness (QED) is 0.286. The van der Waals surface area contributed by atoms with Crippen LogP contribution < -0.4 is 10.6 Å². The minimum Gasteiger partial charge on any atom is -0.485 e. The SMILES string of the molecule is Cc1ccc(C(C)C)c(OCc2nnc(SCC3CSc4nnc(-c5cccnc5)n43)n2N)c1. The molecule has 0 spiro atoms. The third kappa shape index (κ3) is 4.49. The first-order valence-corrected chi connectivity index (χ1v) is 13.0. The smallest absolute Gasteiger partial charge is 0.209 e. The first kappa shape index (κ1) is 22.7. The molecule has 2 N–H and O–H groups in total. The second-order valence-electron chi connectivity index (χ2n) is 8.45. The van der Waals surface area contributed by atoms with Crippen molar-refractivity contribution in [2.75, 3.05) is 17.3 Å². The number of aromatic nitrogens is 7. The van der Waals surface area contributed by atoms with Crippen LogP contribution in [0.5, 0.6) is 5.75 Å². The Morgan fingerprint density at radius 2 is 2.09 bits per heavy atom. The zero-order valence-corrected chi connectivity index (χ0v) is 20.9. The maximum Gasteiger partial charge on any atom is 0.209 e. The topological polar surface area (TPSA) is 110 Å². The minimum atomic E-state index is 0.215. The van der Waals surface area contributed by atoms with Crippen molar-refractivity contribution in [1.29, 1.82) is 0 Å². The van der Waals surface area contributed by atoms with Gasteiger partial charge in [-0.3, -0.25) is 9.55 Å². The summed E-state index contributed by atoms with van der Waals surface area (Å²) < 4.78 is 9.80. The Kier molecular flexibility index (Phi) is 6.46. The second kappa shape index (κ2) is 9.67. The van der Waals surface area contributed by atoms with Crippen molar-refractivity contribution in [3.63, 3.8) is 0 Å². The molecule has 1 aromatic carbocycles. The molecule has 0 saturated carbocycles. The molecular formula is C23H26N8OS2. The van der Waals surface area contributed by atoms with Crippen molar-refractivity contribution in [2.45, 2.75) is 49.7 Å². The summed E-state index contributed by atoms with van der Waals surface area (Å²) in [5, 5.41) is 18.9. The summed E-state index contributed by atoms with van der Waals surface area (Å²) in [5.74, 6) is 10.7. The van der Waals surface area contributed by atoms with E-state index in [0.29, 0.717) is 16.9 Å². The first-order valence-electron chi connectivity index (χ1n) is 11.0. The lowest BCUT2D eigenvalue weighted by atomic mass is 10.0. The molecule has 1 aliphatic rings. The van der Waals surface area contributed by atoms with Crippen LogP contribution in [0.2, 0.25) is 0 Å². The van der Waals surface area contributed by atoms with Crippen molar-refractivity contribution in [3.8, 4) is 17.1 Å². The number of ether oxygens (including phenoxy) is 1. The first-order chi connectivity index (χ1) is 16.5. The molecule has 4 heterocycles. The summed E-state index contributed by atoms with van der Waals surface area (Å²) in [6.45, 7) is 6.62. The fourth-order valence-electron chi connectivity index (χ4n) is 3.83. The Morgan fingerprint density at radius 1 is 1.21 bits per heavy atom. The van der Waals surface area contributed by atoms with Crippen LogP contribution >= 0.6 is 23.5 Å². The lowest BCUT2D eigenvalue weighted by Gasteiger charge is -2.15. The van der Waals surface area contributed by atoms with Gasteiger partial charge in [0.25, 0.3) is 0 Å². The Labute approximate surface area is 206 Å². The molecule has 0 amide bonds. The van der Waals surface area contributed by atoms with Gasteiger partial charge in [0.15, 0.2) is 16.8 Å². The summed E-state index contributed by atoms with van der Waals surface area (Å²) in [6, 6.07) is 10.4. The molecule has 1 unspecified atom stereocenters. The number of nitrogens with zero attached hydrogens (tertiary/aromatic N) is 7. The predicted molar refractivity (Wildman–Crippen MR) is 134 cm³/mol. The molecule has 11 heteroatoms. The molecule has 176 valence electrons. The number of nitrogens with two attached hydrogens (primary N) is 1. The number of hydrogen-bond donors (Lipinski definition) is 1. The second-order valence-corrected chi connectivity index (χ2v) is 10.4. The van der Waals surface area contributed by atoms with Gasteiger partial charge in [0.1, 0.15) is 12.4 Å². The molecule has 0 fully saturated rings. The normalized spacial score (nSPS) is 15.1. The number of hydrogen-bond acceptors (Lipinski definition) is 9. The predicted octanol–water partition coefficient (Wildman–Crippen LogP) is 4.10. The number of thioether (sulfide) groups is 2. The maximum absolute atomic E-state index is 6.32.